The monoisotopic (exact) mass is 248 g/mol. The highest BCUT2D eigenvalue weighted by Gasteiger charge is 2.30. The van der Waals surface area contributed by atoms with Crippen LogP contribution in [0.2, 0.25) is 0 Å². The SMILES string of the molecule is CCC1(C)CCN(C(=O)c2ccc(=O)[nH]c2)CC1. The second-order valence-electron chi connectivity index (χ2n) is 5.40. The Morgan fingerprint density at radius 3 is 2.56 bits per heavy atom. The van der Waals surface area contributed by atoms with Gasteiger partial charge in [-0.3, -0.25) is 9.59 Å². The molecule has 18 heavy (non-hydrogen) atoms. The van der Waals surface area contributed by atoms with Crippen LogP contribution in [0, 0.1) is 5.41 Å². The van der Waals surface area contributed by atoms with Crippen LogP contribution in [0.1, 0.15) is 43.5 Å². The fourth-order valence-electron chi connectivity index (χ4n) is 2.33. The maximum atomic E-state index is 12.2. The van der Waals surface area contributed by atoms with Crippen LogP contribution in [0.5, 0.6) is 0 Å². The first-order valence-corrected chi connectivity index (χ1v) is 6.52. The molecule has 1 aromatic rings. The van der Waals surface area contributed by atoms with E-state index in [1.54, 1.807) is 6.07 Å². The number of H-pyrrole nitrogens is 1. The van der Waals surface area contributed by atoms with E-state index in [1.165, 1.54) is 12.3 Å². The third-order valence-electron chi connectivity index (χ3n) is 4.14. The van der Waals surface area contributed by atoms with Crippen molar-refractivity contribution in [1.82, 2.24) is 9.88 Å². The molecular weight excluding hydrogens is 228 g/mol. The molecule has 0 radical (unpaired) electrons. The molecular formula is C14H20N2O2. The first-order valence-electron chi connectivity index (χ1n) is 6.52. The summed E-state index contributed by atoms with van der Waals surface area (Å²) in [6.07, 6.45) is 4.77. The number of carbonyl (C=O) groups is 1. The Balaban J connectivity index is 2.04. The van der Waals surface area contributed by atoms with Crippen molar-refractivity contribution in [3.05, 3.63) is 34.2 Å². The quantitative estimate of drug-likeness (QED) is 0.870. The van der Waals surface area contributed by atoms with E-state index in [4.69, 9.17) is 0 Å². The summed E-state index contributed by atoms with van der Waals surface area (Å²) in [6, 6.07) is 2.99. The predicted molar refractivity (Wildman–Crippen MR) is 70.6 cm³/mol. The smallest absolute Gasteiger partial charge is 0.255 e. The first-order chi connectivity index (χ1) is 8.54. The Hall–Kier alpha value is -1.58. The number of hydrogen-bond acceptors (Lipinski definition) is 2. The van der Waals surface area contributed by atoms with Crippen molar-refractivity contribution >= 4 is 5.91 Å². The lowest BCUT2D eigenvalue weighted by Gasteiger charge is -2.38. The summed E-state index contributed by atoms with van der Waals surface area (Å²) in [5.74, 6) is 0.0180. The lowest BCUT2D eigenvalue weighted by atomic mass is 9.78. The van der Waals surface area contributed by atoms with E-state index >= 15 is 0 Å². The molecule has 0 bridgehead atoms. The van der Waals surface area contributed by atoms with Crippen LogP contribution in [0.4, 0.5) is 0 Å². The molecule has 4 nitrogen and oxygen atoms in total. The molecule has 0 spiro atoms. The van der Waals surface area contributed by atoms with E-state index in [2.05, 4.69) is 18.8 Å². The summed E-state index contributed by atoms with van der Waals surface area (Å²) in [7, 11) is 0. The molecule has 1 saturated heterocycles. The van der Waals surface area contributed by atoms with Crippen molar-refractivity contribution in [3.63, 3.8) is 0 Å². The van der Waals surface area contributed by atoms with Crippen molar-refractivity contribution in [1.29, 1.82) is 0 Å². The number of aromatic nitrogens is 1. The van der Waals surface area contributed by atoms with E-state index in [9.17, 15) is 9.59 Å². The summed E-state index contributed by atoms with van der Waals surface area (Å²) in [6.45, 7) is 6.11. The fourth-order valence-corrected chi connectivity index (χ4v) is 2.33. The van der Waals surface area contributed by atoms with Crippen LogP contribution in [0.25, 0.3) is 0 Å². The van der Waals surface area contributed by atoms with Gasteiger partial charge in [-0.1, -0.05) is 20.3 Å². The summed E-state index contributed by atoms with van der Waals surface area (Å²) in [5.41, 5.74) is 0.764. The zero-order valence-electron chi connectivity index (χ0n) is 11.0. The molecule has 2 heterocycles. The highest BCUT2D eigenvalue weighted by atomic mass is 16.2. The summed E-state index contributed by atoms with van der Waals surface area (Å²) >= 11 is 0. The average Bonchev–Trinajstić information content (AvgIpc) is 2.40. The fraction of sp³-hybridized carbons (Fsp3) is 0.571. The topological polar surface area (TPSA) is 53.2 Å². The van der Waals surface area contributed by atoms with Gasteiger partial charge in [0.15, 0.2) is 0 Å². The molecule has 0 unspecified atom stereocenters. The summed E-state index contributed by atoms with van der Waals surface area (Å²) in [4.78, 5) is 27.6. The van der Waals surface area contributed by atoms with Gasteiger partial charge in [0.25, 0.3) is 5.91 Å². The Kier molecular flexibility index (Phi) is 3.55. The minimum atomic E-state index is -0.177. The second kappa shape index (κ2) is 4.96. The first kappa shape index (κ1) is 12.9. The molecule has 0 atom stereocenters. The highest BCUT2D eigenvalue weighted by Crippen LogP contribution is 2.34. The van der Waals surface area contributed by atoms with Gasteiger partial charge in [-0.2, -0.15) is 0 Å². The predicted octanol–water partition coefficient (Wildman–Crippen LogP) is 2.03. The van der Waals surface area contributed by atoms with E-state index in [1.807, 2.05) is 4.90 Å². The number of nitrogens with one attached hydrogen (secondary N) is 1. The number of nitrogens with zero attached hydrogens (tertiary/aromatic N) is 1. The van der Waals surface area contributed by atoms with Gasteiger partial charge in [-0.15, -0.1) is 0 Å². The van der Waals surface area contributed by atoms with Gasteiger partial charge < -0.3 is 9.88 Å². The molecule has 1 N–H and O–H groups in total. The minimum Gasteiger partial charge on any atom is -0.339 e. The van der Waals surface area contributed by atoms with Crippen molar-refractivity contribution in [2.24, 2.45) is 5.41 Å². The molecule has 1 amide bonds. The third-order valence-corrected chi connectivity index (χ3v) is 4.14. The average molecular weight is 248 g/mol. The maximum Gasteiger partial charge on any atom is 0.255 e. The Bertz CT molecular complexity index is 464. The van der Waals surface area contributed by atoms with Crippen LogP contribution in [0.3, 0.4) is 0 Å². The molecule has 98 valence electrons. The van der Waals surface area contributed by atoms with Gasteiger partial charge >= 0.3 is 0 Å². The van der Waals surface area contributed by atoms with Gasteiger partial charge in [0.2, 0.25) is 5.56 Å². The van der Waals surface area contributed by atoms with Crippen LogP contribution in [-0.2, 0) is 0 Å². The van der Waals surface area contributed by atoms with Crippen molar-refractivity contribution < 1.29 is 4.79 Å². The van der Waals surface area contributed by atoms with Crippen LogP contribution in [0.15, 0.2) is 23.1 Å². The van der Waals surface area contributed by atoms with Gasteiger partial charge in [-0.05, 0) is 24.3 Å². The van der Waals surface area contributed by atoms with Gasteiger partial charge in [0.1, 0.15) is 0 Å². The van der Waals surface area contributed by atoms with Gasteiger partial charge in [0.05, 0.1) is 5.56 Å². The van der Waals surface area contributed by atoms with Crippen LogP contribution < -0.4 is 5.56 Å². The standard InChI is InChI=1S/C14H20N2O2/c1-3-14(2)6-8-16(9-7-14)13(18)11-4-5-12(17)15-10-11/h4-5,10H,3,6-9H2,1-2H3,(H,15,17). The van der Waals surface area contributed by atoms with Gasteiger partial charge in [0, 0.05) is 25.4 Å². The zero-order valence-corrected chi connectivity index (χ0v) is 11.0. The number of piperidine rings is 1. The number of amides is 1. The van der Waals surface area contributed by atoms with Crippen LogP contribution in [-0.4, -0.2) is 28.9 Å². The molecule has 1 aromatic heterocycles. The zero-order chi connectivity index (χ0) is 13.2. The van der Waals surface area contributed by atoms with Crippen molar-refractivity contribution in [2.45, 2.75) is 33.1 Å². The number of hydrogen-bond donors (Lipinski definition) is 1. The van der Waals surface area contributed by atoms with E-state index < -0.39 is 0 Å². The Morgan fingerprint density at radius 1 is 1.39 bits per heavy atom. The third kappa shape index (κ3) is 2.63. The van der Waals surface area contributed by atoms with E-state index in [0.29, 0.717) is 11.0 Å². The molecule has 0 saturated carbocycles. The van der Waals surface area contributed by atoms with Crippen molar-refractivity contribution in [3.8, 4) is 0 Å². The van der Waals surface area contributed by atoms with E-state index in [0.717, 1.165) is 32.4 Å². The largest absolute Gasteiger partial charge is 0.339 e. The molecule has 1 fully saturated rings. The maximum absolute atomic E-state index is 12.2. The molecule has 1 aliphatic heterocycles. The number of carbonyl (C=O) groups excluding carboxylic acids is 1. The number of likely N-dealkylation sites (tertiary alicyclic amines) is 1. The van der Waals surface area contributed by atoms with Crippen LogP contribution >= 0.6 is 0 Å². The number of pyridine rings is 1. The number of rotatable bonds is 2. The highest BCUT2D eigenvalue weighted by molar-refractivity contribution is 5.93. The summed E-state index contributed by atoms with van der Waals surface area (Å²) < 4.78 is 0. The normalized spacial score (nSPS) is 18.7. The van der Waals surface area contributed by atoms with E-state index in [-0.39, 0.29) is 11.5 Å². The Morgan fingerprint density at radius 2 is 2.06 bits per heavy atom. The van der Waals surface area contributed by atoms with Crippen molar-refractivity contribution in [2.75, 3.05) is 13.1 Å². The Labute approximate surface area is 107 Å². The van der Waals surface area contributed by atoms with Gasteiger partial charge in [-0.25, -0.2) is 0 Å². The lowest BCUT2D eigenvalue weighted by molar-refractivity contribution is 0.0600. The molecule has 2 rings (SSSR count). The lowest BCUT2D eigenvalue weighted by Crippen LogP contribution is -2.42. The second-order valence-corrected chi connectivity index (χ2v) is 5.40. The molecule has 1 aliphatic rings. The summed E-state index contributed by atoms with van der Waals surface area (Å²) in [5, 5.41) is 0. The minimum absolute atomic E-state index is 0.0180. The molecule has 0 aromatic carbocycles. The number of aromatic amines is 1. The molecule has 0 aliphatic carbocycles. The molecule has 4 heteroatoms.